The minimum Gasteiger partial charge on any atom is -0.479 e. The van der Waals surface area contributed by atoms with Gasteiger partial charge in [0.05, 0.1) is 19.8 Å². The predicted molar refractivity (Wildman–Crippen MR) is 135 cm³/mol. The zero-order valence-corrected chi connectivity index (χ0v) is 20.3. The second-order valence-corrected chi connectivity index (χ2v) is 9.00. The maximum absolute atomic E-state index is 12.3. The van der Waals surface area contributed by atoms with Crippen molar-refractivity contribution in [3.63, 3.8) is 0 Å². The van der Waals surface area contributed by atoms with Crippen LogP contribution in [-0.2, 0) is 43.6 Å². The number of carbonyl (C=O) groups is 1. The number of hydrogen-bond acceptors (Lipinski definition) is 6. The Morgan fingerprint density at radius 1 is 0.750 bits per heavy atom. The van der Waals surface area contributed by atoms with Crippen LogP contribution in [0.25, 0.3) is 0 Å². The minimum atomic E-state index is -1.26. The third-order valence-corrected chi connectivity index (χ3v) is 6.19. The zero-order chi connectivity index (χ0) is 25.3. The molecule has 0 amide bonds. The van der Waals surface area contributed by atoms with Crippen LogP contribution in [0.5, 0.6) is 0 Å². The maximum Gasteiger partial charge on any atom is 0.335 e. The van der Waals surface area contributed by atoms with E-state index in [0.717, 1.165) is 16.7 Å². The first-order chi connectivity index (χ1) is 17.5. The third kappa shape index (κ3) is 6.78. The molecule has 3 aromatic carbocycles. The van der Waals surface area contributed by atoms with Crippen molar-refractivity contribution < 1.29 is 28.8 Å². The minimum absolute atomic E-state index is 0.206. The summed E-state index contributed by atoms with van der Waals surface area (Å²) in [5.74, 6) is -1.13. The van der Waals surface area contributed by atoms with Gasteiger partial charge < -0.3 is 29.8 Å². The predicted octanol–water partition coefficient (Wildman–Crippen LogP) is 3.94. The Hall–Kier alpha value is -3.07. The Balaban J connectivity index is 1.63. The van der Waals surface area contributed by atoms with Crippen molar-refractivity contribution in [1.82, 2.24) is 0 Å². The monoisotopic (exact) mass is 491 g/mol. The van der Waals surface area contributed by atoms with Gasteiger partial charge in [0, 0.05) is 6.04 Å². The fourth-order valence-corrected chi connectivity index (χ4v) is 4.35. The van der Waals surface area contributed by atoms with E-state index in [1.165, 1.54) is 0 Å². The topological polar surface area (TPSA) is 100 Å². The van der Waals surface area contributed by atoms with E-state index in [4.69, 9.17) is 24.7 Å². The lowest BCUT2D eigenvalue weighted by atomic mass is 9.91. The molecule has 0 spiro atoms. The summed E-state index contributed by atoms with van der Waals surface area (Å²) in [6.45, 7) is 2.55. The first-order valence-electron chi connectivity index (χ1n) is 12.1. The Kier molecular flexibility index (Phi) is 9.22. The van der Waals surface area contributed by atoms with Gasteiger partial charge in [-0.05, 0) is 23.6 Å². The first-order valence-corrected chi connectivity index (χ1v) is 12.1. The summed E-state index contributed by atoms with van der Waals surface area (Å²) < 4.78 is 25.0. The average Bonchev–Trinajstić information content (AvgIpc) is 2.91. The van der Waals surface area contributed by atoms with Gasteiger partial charge in [-0.3, -0.25) is 0 Å². The summed E-state index contributed by atoms with van der Waals surface area (Å²) in [4.78, 5) is 12.3. The molecule has 7 heteroatoms. The lowest BCUT2D eigenvalue weighted by Gasteiger charge is -2.46. The highest BCUT2D eigenvalue weighted by Gasteiger charge is 2.52. The van der Waals surface area contributed by atoms with Crippen LogP contribution in [-0.4, -0.2) is 47.6 Å². The summed E-state index contributed by atoms with van der Waals surface area (Å²) >= 11 is 0. The third-order valence-electron chi connectivity index (χ3n) is 6.19. The van der Waals surface area contributed by atoms with Crippen LogP contribution < -0.4 is 5.73 Å². The van der Waals surface area contributed by atoms with E-state index >= 15 is 0 Å². The Morgan fingerprint density at radius 2 is 1.14 bits per heavy atom. The summed E-state index contributed by atoms with van der Waals surface area (Å²) in [6, 6.07) is 28.5. The largest absolute Gasteiger partial charge is 0.479 e. The fourth-order valence-electron chi connectivity index (χ4n) is 4.35. The van der Waals surface area contributed by atoms with E-state index in [2.05, 4.69) is 0 Å². The van der Waals surface area contributed by atoms with Crippen LogP contribution >= 0.6 is 0 Å². The van der Waals surface area contributed by atoms with E-state index in [-0.39, 0.29) is 13.2 Å². The van der Waals surface area contributed by atoms with E-state index in [1.54, 1.807) is 6.92 Å². The van der Waals surface area contributed by atoms with Gasteiger partial charge in [-0.15, -0.1) is 0 Å². The molecule has 1 heterocycles. The van der Waals surface area contributed by atoms with Crippen LogP contribution in [0.3, 0.4) is 0 Å². The smallest absolute Gasteiger partial charge is 0.335 e. The van der Waals surface area contributed by atoms with E-state index in [1.807, 2.05) is 91.0 Å². The molecule has 7 nitrogen and oxygen atoms in total. The lowest BCUT2D eigenvalue weighted by Crippen LogP contribution is -2.65. The molecule has 1 fully saturated rings. The van der Waals surface area contributed by atoms with Crippen molar-refractivity contribution in [2.75, 3.05) is 0 Å². The highest BCUT2D eigenvalue weighted by atomic mass is 16.6. The molecule has 0 aromatic heterocycles. The van der Waals surface area contributed by atoms with Gasteiger partial charge in [-0.1, -0.05) is 91.0 Å². The molecule has 1 aliphatic heterocycles. The van der Waals surface area contributed by atoms with Gasteiger partial charge in [-0.2, -0.15) is 0 Å². The van der Waals surface area contributed by atoms with E-state index in [0.29, 0.717) is 6.61 Å². The molecular weight excluding hydrogens is 458 g/mol. The number of carboxylic acid groups (broad SMARTS) is 1. The van der Waals surface area contributed by atoms with Crippen molar-refractivity contribution in [2.45, 2.75) is 63.3 Å². The summed E-state index contributed by atoms with van der Waals surface area (Å²) in [5, 5.41) is 10.1. The molecule has 36 heavy (non-hydrogen) atoms. The number of aliphatic carboxylic acids is 1. The molecule has 3 N–H and O–H groups in total. The van der Waals surface area contributed by atoms with Crippen LogP contribution in [0.2, 0.25) is 0 Å². The Labute approximate surface area is 211 Å². The quantitative estimate of drug-likeness (QED) is 0.419. The van der Waals surface area contributed by atoms with Crippen molar-refractivity contribution in [2.24, 2.45) is 5.73 Å². The molecule has 6 atom stereocenters. The first kappa shape index (κ1) is 26.0. The number of rotatable bonds is 11. The van der Waals surface area contributed by atoms with Crippen LogP contribution in [0.15, 0.2) is 91.0 Å². The van der Waals surface area contributed by atoms with Gasteiger partial charge in [0.15, 0.2) is 6.10 Å². The van der Waals surface area contributed by atoms with E-state index in [9.17, 15) is 9.90 Å². The number of benzene rings is 3. The Morgan fingerprint density at radius 3 is 1.53 bits per heavy atom. The number of carboxylic acids is 1. The summed E-state index contributed by atoms with van der Waals surface area (Å²) in [6.07, 6.45) is -4.26. The van der Waals surface area contributed by atoms with Crippen molar-refractivity contribution in [3.8, 4) is 0 Å². The second kappa shape index (κ2) is 12.8. The van der Waals surface area contributed by atoms with Crippen molar-refractivity contribution in [1.29, 1.82) is 0 Å². The number of nitrogens with two attached hydrogens (primary N) is 1. The number of hydrogen-bond donors (Lipinski definition) is 2. The van der Waals surface area contributed by atoms with Crippen molar-refractivity contribution >= 4 is 5.97 Å². The molecule has 0 saturated carbocycles. The second-order valence-electron chi connectivity index (χ2n) is 9.00. The van der Waals surface area contributed by atoms with Gasteiger partial charge in [0.2, 0.25) is 0 Å². The van der Waals surface area contributed by atoms with Crippen LogP contribution in [0, 0.1) is 0 Å². The molecule has 0 unspecified atom stereocenters. The molecular formula is C29H33NO6. The molecule has 1 saturated heterocycles. The molecule has 190 valence electrons. The zero-order valence-electron chi connectivity index (χ0n) is 20.3. The maximum atomic E-state index is 12.3. The molecule has 4 rings (SSSR count). The van der Waals surface area contributed by atoms with Gasteiger partial charge in [0.1, 0.15) is 24.4 Å². The van der Waals surface area contributed by atoms with E-state index < -0.39 is 42.5 Å². The van der Waals surface area contributed by atoms with Gasteiger partial charge in [0.25, 0.3) is 0 Å². The van der Waals surface area contributed by atoms with Crippen LogP contribution in [0.1, 0.15) is 23.6 Å². The molecule has 0 aliphatic carbocycles. The van der Waals surface area contributed by atoms with Crippen LogP contribution in [0.4, 0.5) is 0 Å². The Bertz CT molecular complexity index is 1060. The normalized spacial score (nSPS) is 24.8. The molecule has 3 aromatic rings. The molecule has 0 radical (unpaired) electrons. The fraction of sp³-hybridized carbons (Fsp3) is 0.345. The average molecular weight is 492 g/mol. The lowest BCUT2D eigenvalue weighted by molar-refractivity contribution is -0.267. The van der Waals surface area contributed by atoms with Crippen molar-refractivity contribution in [3.05, 3.63) is 108 Å². The number of ether oxygens (including phenoxy) is 4. The summed E-state index contributed by atoms with van der Waals surface area (Å²) in [5.41, 5.74) is 9.12. The highest BCUT2D eigenvalue weighted by Crippen LogP contribution is 2.31. The highest BCUT2D eigenvalue weighted by molar-refractivity contribution is 5.73. The standard InChI is InChI=1S/C29H33NO6/c1-20(30)24-25(33-17-21-11-5-2-6-12-21)26(34-18-22-13-7-3-8-14-22)27(28(36-24)29(31)32)35-19-23-15-9-4-10-16-23/h2-16,20,24-28H,17-19,30H2,1H3,(H,31,32)/t20-,24-,25-,26+,27-,28-/m0/s1. The molecule has 1 aliphatic rings. The SMILES string of the molecule is C[C@H](N)[C@@H]1O[C@H](C(=O)O)[C@@H](OCc2ccccc2)[C@H](OCc2ccccc2)[C@H]1OCc1ccccc1. The van der Waals surface area contributed by atoms with Gasteiger partial charge in [-0.25, -0.2) is 4.79 Å². The summed E-state index contributed by atoms with van der Waals surface area (Å²) in [7, 11) is 0. The molecule has 0 bridgehead atoms. The van der Waals surface area contributed by atoms with Gasteiger partial charge >= 0.3 is 5.97 Å².